The number of carboxylic acid groups (broad SMARTS) is 2. The van der Waals surface area contributed by atoms with Crippen LogP contribution in [0.3, 0.4) is 0 Å². The molecule has 1 aromatic heterocycles. The summed E-state index contributed by atoms with van der Waals surface area (Å²) in [4.78, 5) is 52.3. The van der Waals surface area contributed by atoms with Crippen molar-refractivity contribution in [2.45, 2.75) is 32.5 Å². The molecule has 0 saturated carbocycles. The fraction of sp³-hybridized carbons (Fsp3) is 0.314. The average Bonchev–Trinajstić information content (AvgIpc) is 3.41. The first-order valence-corrected chi connectivity index (χ1v) is 15.7. The number of halogens is 1. The number of carbonyl (C=O) groups is 4. The van der Waals surface area contributed by atoms with Gasteiger partial charge in [0, 0.05) is 46.1 Å². The molecule has 0 aliphatic carbocycles. The van der Waals surface area contributed by atoms with Crippen LogP contribution in [0.5, 0.6) is 17.2 Å². The van der Waals surface area contributed by atoms with Gasteiger partial charge in [0.2, 0.25) is 5.91 Å². The SMILES string of the molecule is COc1cccc([C@H]2O[C@H](CC(=O)Nc3ccc4oc(C(=O)O)c(OCC(=O)O)c4c3)C(=O)N(CC(C)(C)CO)c3ccc(Cl)cc32)c1OC. The Kier molecular flexibility index (Phi) is 10.6. The number of para-hydroxylation sites is 1. The predicted octanol–water partition coefficient (Wildman–Crippen LogP) is 5.13. The van der Waals surface area contributed by atoms with Crippen molar-refractivity contribution < 1.29 is 57.9 Å². The van der Waals surface area contributed by atoms with Gasteiger partial charge in [0.1, 0.15) is 17.8 Å². The molecule has 2 heterocycles. The van der Waals surface area contributed by atoms with Crippen LogP contribution in [0.4, 0.5) is 11.4 Å². The second kappa shape index (κ2) is 14.7. The molecule has 0 spiro atoms. The van der Waals surface area contributed by atoms with E-state index in [0.29, 0.717) is 33.3 Å². The molecular formula is C35H35ClN2O12. The number of anilines is 2. The molecule has 1 aliphatic heterocycles. The van der Waals surface area contributed by atoms with E-state index in [1.165, 1.54) is 37.3 Å². The zero-order chi connectivity index (χ0) is 36.3. The molecule has 15 heteroatoms. The first-order chi connectivity index (χ1) is 23.8. The minimum Gasteiger partial charge on any atom is -0.493 e. The van der Waals surface area contributed by atoms with Crippen molar-refractivity contribution in [2.75, 3.05) is 44.2 Å². The number of benzene rings is 3. The van der Waals surface area contributed by atoms with Crippen LogP contribution in [-0.2, 0) is 19.1 Å². The molecule has 0 saturated heterocycles. The van der Waals surface area contributed by atoms with Gasteiger partial charge in [-0.2, -0.15) is 0 Å². The summed E-state index contributed by atoms with van der Waals surface area (Å²) in [5.41, 5.74) is 1.000. The highest BCUT2D eigenvalue weighted by Gasteiger charge is 2.41. The zero-order valence-corrected chi connectivity index (χ0v) is 28.3. The number of fused-ring (bicyclic) bond motifs is 2. The highest BCUT2D eigenvalue weighted by Crippen LogP contribution is 2.46. The van der Waals surface area contributed by atoms with Crippen molar-refractivity contribution in [3.8, 4) is 17.2 Å². The molecule has 0 radical (unpaired) electrons. The minimum atomic E-state index is -1.48. The van der Waals surface area contributed by atoms with Crippen LogP contribution < -0.4 is 24.4 Å². The second-order valence-electron chi connectivity index (χ2n) is 12.2. The number of nitrogens with zero attached hydrogens (tertiary/aromatic N) is 1. The molecule has 4 N–H and O–H groups in total. The molecule has 2 atom stereocenters. The van der Waals surface area contributed by atoms with Gasteiger partial charge in [0.25, 0.3) is 11.7 Å². The summed E-state index contributed by atoms with van der Waals surface area (Å²) in [6, 6.07) is 14.4. The number of hydrogen-bond acceptors (Lipinski definition) is 10. The van der Waals surface area contributed by atoms with Crippen LogP contribution >= 0.6 is 11.6 Å². The van der Waals surface area contributed by atoms with E-state index in [9.17, 15) is 29.4 Å². The van der Waals surface area contributed by atoms with Crippen molar-refractivity contribution in [1.29, 1.82) is 0 Å². The molecule has 1 aliphatic rings. The maximum atomic E-state index is 14.4. The van der Waals surface area contributed by atoms with Crippen LogP contribution in [0.1, 0.15) is 48.1 Å². The number of aliphatic carboxylic acids is 1. The standard InChI is InChI=1S/C35H35ClN2O12/c1-35(2,17-39)16-38-23-10-8-18(36)12-21(23)29(20-6-5-7-25(46-3)30(20)47-4)50-26(33(38)43)14-27(40)37-19-9-11-24-22(13-19)31(48-15-28(41)42)32(49-24)34(44)45/h5-13,26,29,39H,14-17H2,1-4H3,(H,37,40)(H,41,42)(H,44,45)/t26-,29-/m1/s1. The van der Waals surface area contributed by atoms with Gasteiger partial charge in [-0.15, -0.1) is 0 Å². The summed E-state index contributed by atoms with van der Waals surface area (Å²) in [7, 11) is 2.96. The van der Waals surface area contributed by atoms with E-state index in [1.54, 1.807) is 50.2 Å². The molecule has 4 aromatic rings. The number of rotatable bonds is 13. The molecule has 3 aromatic carbocycles. The molecule has 0 unspecified atom stereocenters. The molecule has 264 valence electrons. The maximum absolute atomic E-state index is 14.4. The van der Waals surface area contributed by atoms with Gasteiger partial charge in [-0.1, -0.05) is 37.6 Å². The van der Waals surface area contributed by atoms with Gasteiger partial charge < -0.3 is 48.9 Å². The Hall–Kier alpha value is -5.31. The quantitative estimate of drug-likeness (QED) is 0.143. The number of methoxy groups -OCH3 is 2. The van der Waals surface area contributed by atoms with E-state index in [1.807, 2.05) is 0 Å². The van der Waals surface area contributed by atoms with E-state index < -0.39 is 60.2 Å². The molecule has 0 fully saturated rings. The minimum absolute atomic E-state index is 0.0720. The fourth-order valence-corrected chi connectivity index (χ4v) is 5.84. The lowest BCUT2D eigenvalue weighted by atomic mass is 9.92. The lowest BCUT2D eigenvalue weighted by Gasteiger charge is -2.32. The first-order valence-electron chi connectivity index (χ1n) is 15.3. The summed E-state index contributed by atoms with van der Waals surface area (Å²) in [5, 5.41) is 31.9. The van der Waals surface area contributed by atoms with Gasteiger partial charge in [-0.25, -0.2) is 9.59 Å². The fourth-order valence-electron chi connectivity index (χ4n) is 5.66. The predicted molar refractivity (Wildman–Crippen MR) is 180 cm³/mol. The van der Waals surface area contributed by atoms with E-state index in [-0.39, 0.29) is 35.6 Å². The number of aromatic carboxylic acids is 1. The number of amides is 2. The van der Waals surface area contributed by atoms with Crippen molar-refractivity contribution in [3.63, 3.8) is 0 Å². The van der Waals surface area contributed by atoms with Gasteiger partial charge in [-0.3, -0.25) is 9.59 Å². The van der Waals surface area contributed by atoms with Crippen LogP contribution in [0, 0.1) is 5.41 Å². The number of hydrogen-bond donors (Lipinski definition) is 4. The molecule has 14 nitrogen and oxygen atoms in total. The van der Waals surface area contributed by atoms with Crippen LogP contribution in [0.2, 0.25) is 5.02 Å². The van der Waals surface area contributed by atoms with Crippen LogP contribution in [0.15, 0.2) is 59.0 Å². The molecule has 2 amide bonds. The maximum Gasteiger partial charge on any atom is 0.375 e. The normalized spacial score (nSPS) is 16.0. The van der Waals surface area contributed by atoms with Gasteiger partial charge >= 0.3 is 11.9 Å². The molecular weight excluding hydrogens is 676 g/mol. The second-order valence-corrected chi connectivity index (χ2v) is 12.7. The molecule has 50 heavy (non-hydrogen) atoms. The van der Waals surface area contributed by atoms with E-state index >= 15 is 0 Å². The number of carbonyl (C=O) groups excluding carboxylic acids is 2. The Balaban J connectivity index is 1.54. The average molecular weight is 711 g/mol. The van der Waals surface area contributed by atoms with Crippen molar-refractivity contribution >= 4 is 57.7 Å². The number of nitrogens with one attached hydrogen (secondary N) is 1. The number of carboxylic acids is 2. The largest absolute Gasteiger partial charge is 0.493 e. The third-order valence-corrected chi connectivity index (χ3v) is 8.20. The monoisotopic (exact) mass is 710 g/mol. The summed E-state index contributed by atoms with van der Waals surface area (Å²) < 4.78 is 28.3. The Morgan fingerprint density at radius 2 is 1.76 bits per heavy atom. The van der Waals surface area contributed by atoms with Crippen molar-refractivity contribution in [1.82, 2.24) is 0 Å². The molecule has 0 bridgehead atoms. The van der Waals surface area contributed by atoms with Gasteiger partial charge in [-0.05, 0) is 42.5 Å². The highest BCUT2D eigenvalue weighted by atomic mass is 35.5. The molecule has 5 rings (SSSR count). The topological polar surface area (TPSA) is 194 Å². The summed E-state index contributed by atoms with van der Waals surface area (Å²) >= 11 is 6.48. The summed E-state index contributed by atoms with van der Waals surface area (Å²) in [5.74, 6) is -4.16. The van der Waals surface area contributed by atoms with Gasteiger partial charge in [0.05, 0.1) is 26.0 Å². The summed E-state index contributed by atoms with van der Waals surface area (Å²) in [6.07, 6.45) is -2.79. The Bertz CT molecular complexity index is 1960. The highest BCUT2D eigenvalue weighted by molar-refractivity contribution is 6.30. The van der Waals surface area contributed by atoms with Crippen molar-refractivity contribution in [3.05, 3.63) is 76.5 Å². The Labute approximate surface area is 291 Å². The lowest BCUT2D eigenvalue weighted by molar-refractivity contribution is -0.139. The number of furan rings is 1. The smallest absolute Gasteiger partial charge is 0.375 e. The van der Waals surface area contributed by atoms with Gasteiger partial charge in [0.15, 0.2) is 23.9 Å². The number of ether oxygens (including phenoxy) is 4. The van der Waals surface area contributed by atoms with Crippen LogP contribution in [-0.4, -0.2) is 79.2 Å². The van der Waals surface area contributed by atoms with E-state index in [2.05, 4.69) is 5.32 Å². The lowest BCUT2D eigenvalue weighted by Crippen LogP contribution is -2.46. The summed E-state index contributed by atoms with van der Waals surface area (Å²) in [6.45, 7) is 2.59. The van der Waals surface area contributed by atoms with E-state index in [0.717, 1.165) is 0 Å². The van der Waals surface area contributed by atoms with E-state index in [4.69, 9.17) is 40.1 Å². The Morgan fingerprint density at radius 3 is 2.42 bits per heavy atom. The number of aliphatic hydroxyl groups excluding tert-OH is 1. The first kappa shape index (κ1) is 36.0. The third kappa shape index (κ3) is 7.47. The Morgan fingerprint density at radius 1 is 1.00 bits per heavy atom. The zero-order valence-electron chi connectivity index (χ0n) is 27.5. The third-order valence-electron chi connectivity index (χ3n) is 7.97. The van der Waals surface area contributed by atoms with Crippen LogP contribution in [0.25, 0.3) is 11.0 Å². The van der Waals surface area contributed by atoms with Crippen molar-refractivity contribution in [2.24, 2.45) is 5.41 Å². The number of aliphatic hydroxyl groups is 1.